The third kappa shape index (κ3) is 4.03. The Morgan fingerprint density at radius 1 is 0.970 bits per heavy atom. The van der Waals surface area contributed by atoms with Crippen molar-refractivity contribution in [1.29, 1.82) is 0 Å². The van der Waals surface area contributed by atoms with E-state index in [0.29, 0.717) is 41.3 Å². The molecule has 0 bridgehead atoms. The lowest BCUT2D eigenvalue weighted by atomic mass is 9.85. The fourth-order valence-electron chi connectivity index (χ4n) is 4.46. The maximum Gasteiger partial charge on any atom is 0.254 e. The molecule has 7 heteroatoms. The highest BCUT2D eigenvalue weighted by atomic mass is 16.5. The Kier molecular flexibility index (Phi) is 5.82. The number of hydrogen-bond acceptors (Lipinski definition) is 5. The zero-order valence-corrected chi connectivity index (χ0v) is 19.9. The molecule has 3 aromatic rings. The lowest BCUT2D eigenvalue weighted by Gasteiger charge is -2.40. The van der Waals surface area contributed by atoms with Gasteiger partial charge in [0.05, 0.1) is 27.4 Å². The molecule has 2 heterocycles. The summed E-state index contributed by atoms with van der Waals surface area (Å²) >= 11 is 0. The third-order valence-corrected chi connectivity index (χ3v) is 6.15. The van der Waals surface area contributed by atoms with Crippen LogP contribution in [-0.2, 0) is 11.2 Å². The van der Waals surface area contributed by atoms with Crippen LogP contribution in [0, 0.1) is 5.41 Å². The van der Waals surface area contributed by atoms with Gasteiger partial charge in [-0.3, -0.25) is 9.59 Å². The Morgan fingerprint density at radius 3 is 2.30 bits per heavy atom. The summed E-state index contributed by atoms with van der Waals surface area (Å²) in [4.78, 5) is 31.6. The van der Waals surface area contributed by atoms with Gasteiger partial charge in [-0.15, -0.1) is 0 Å². The second-order valence-electron chi connectivity index (χ2n) is 9.31. The Hall–Kier alpha value is -3.48. The van der Waals surface area contributed by atoms with Crippen molar-refractivity contribution in [3.05, 3.63) is 63.4 Å². The molecule has 1 amide bonds. The highest BCUT2D eigenvalue weighted by Crippen LogP contribution is 2.42. The average molecular weight is 451 g/mol. The standard InChI is InChI=1S/C26H30N2O5/c1-26(2,3)25(30)28-10-9-15-13-21(32-5)22(33-6)14-18(15)23(28)19-12-16-11-17(31-4)7-8-20(16)27-24(19)29/h7-8,11-14,23H,9-10H2,1-6H3,(H,27,29)/t23-/m0/s1. The molecule has 1 atom stereocenters. The van der Waals surface area contributed by atoms with E-state index in [1.165, 1.54) is 0 Å². The molecular weight excluding hydrogens is 420 g/mol. The lowest BCUT2D eigenvalue weighted by molar-refractivity contribution is -0.141. The first kappa shape index (κ1) is 22.7. The summed E-state index contributed by atoms with van der Waals surface area (Å²) in [6.45, 7) is 6.18. The van der Waals surface area contributed by atoms with Crippen LogP contribution in [0.15, 0.2) is 41.2 Å². The molecule has 33 heavy (non-hydrogen) atoms. The molecule has 1 aliphatic heterocycles. The minimum Gasteiger partial charge on any atom is -0.497 e. The molecule has 2 aromatic carbocycles. The number of fused-ring (bicyclic) bond motifs is 2. The number of aromatic amines is 1. The van der Waals surface area contributed by atoms with Crippen LogP contribution >= 0.6 is 0 Å². The van der Waals surface area contributed by atoms with Gasteiger partial charge in [-0.25, -0.2) is 0 Å². The molecule has 0 unspecified atom stereocenters. The molecular formula is C26H30N2O5. The van der Waals surface area contributed by atoms with Crippen LogP contribution in [-0.4, -0.2) is 43.7 Å². The quantitative estimate of drug-likeness (QED) is 0.648. The second kappa shape index (κ2) is 8.46. The molecule has 0 radical (unpaired) electrons. The van der Waals surface area contributed by atoms with Crippen LogP contribution in [0.1, 0.15) is 43.5 Å². The van der Waals surface area contributed by atoms with Crippen molar-refractivity contribution >= 4 is 16.8 Å². The van der Waals surface area contributed by atoms with E-state index in [4.69, 9.17) is 14.2 Å². The zero-order valence-electron chi connectivity index (χ0n) is 19.9. The van der Waals surface area contributed by atoms with Crippen molar-refractivity contribution in [3.8, 4) is 17.2 Å². The summed E-state index contributed by atoms with van der Waals surface area (Å²) in [5.74, 6) is 1.87. The SMILES string of the molecule is COc1ccc2[nH]c(=O)c([C@@H]3c4cc(OC)c(OC)cc4CCN3C(=O)C(C)(C)C)cc2c1. The summed E-state index contributed by atoms with van der Waals surface area (Å²) in [5, 5.41) is 0.833. The van der Waals surface area contributed by atoms with E-state index in [9.17, 15) is 9.59 Å². The largest absolute Gasteiger partial charge is 0.497 e. The van der Waals surface area contributed by atoms with E-state index in [-0.39, 0.29) is 11.5 Å². The first-order valence-corrected chi connectivity index (χ1v) is 10.9. The van der Waals surface area contributed by atoms with Gasteiger partial charge in [0.2, 0.25) is 5.91 Å². The average Bonchev–Trinajstić information content (AvgIpc) is 2.80. The van der Waals surface area contributed by atoms with Gasteiger partial charge < -0.3 is 24.1 Å². The number of ether oxygens (including phenoxy) is 3. The van der Waals surface area contributed by atoms with E-state index < -0.39 is 11.5 Å². The minimum absolute atomic E-state index is 0.0157. The van der Waals surface area contributed by atoms with Gasteiger partial charge in [0, 0.05) is 28.4 Å². The summed E-state index contributed by atoms with van der Waals surface area (Å²) < 4.78 is 16.4. The fourth-order valence-corrected chi connectivity index (χ4v) is 4.46. The Balaban J connectivity index is 1.98. The Labute approximate surface area is 193 Å². The van der Waals surface area contributed by atoms with Crippen molar-refractivity contribution in [2.75, 3.05) is 27.9 Å². The topological polar surface area (TPSA) is 80.9 Å². The van der Waals surface area contributed by atoms with Crippen molar-refractivity contribution in [1.82, 2.24) is 9.88 Å². The third-order valence-electron chi connectivity index (χ3n) is 6.15. The summed E-state index contributed by atoms with van der Waals surface area (Å²) in [7, 11) is 4.78. The molecule has 174 valence electrons. The molecule has 7 nitrogen and oxygen atoms in total. The number of hydrogen-bond donors (Lipinski definition) is 1. The summed E-state index contributed by atoms with van der Waals surface area (Å²) in [5.41, 5.74) is 2.28. The van der Waals surface area contributed by atoms with E-state index in [2.05, 4.69) is 4.98 Å². The molecule has 0 saturated carbocycles. The van der Waals surface area contributed by atoms with Crippen LogP contribution < -0.4 is 19.8 Å². The lowest BCUT2D eigenvalue weighted by Crippen LogP contribution is -2.47. The number of aromatic nitrogens is 1. The van der Waals surface area contributed by atoms with Gasteiger partial charge in [0.1, 0.15) is 5.75 Å². The molecule has 4 rings (SSSR count). The summed E-state index contributed by atoms with van der Waals surface area (Å²) in [6, 6.07) is 10.6. The normalized spacial score (nSPS) is 15.8. The minimum atomic E-state index is -0.598. The number of methoxy groups -OCH3 is 3. The van der Waals surface area contributed by atoms with Crippen LogP contribution in [0.5, 0.6) is 17.2 Å². The first-order valence-electron chi connectivity index (χ1n) is 10.9. The van der Waals surface area contributed by atoms with Crippen LogP contribution in [0.4, 0.5) is 0 Å². The predicted octanol–water partition coefficient (Wildman–Crippen LogP) is 4.07. The maximum absolute atomic E-state index is 13.5. The van der Waals surface area contributed by atoms with E-state index in [1.807, 2.05) is 56.0 Å². The Bertz CT molecular complexity index is 1270. The van der Waals surface area contributed by atoms with Crippen LogP contribution in [0.2, 0.25) is 0 Å². The number of H-pyrrole nitrogens is 1. The molecule has 0 saturated heterocycles. The second-order valence-corrected chi connectivity index (χ2v) is 9.31. The number of benzene rings is 2. The molecule has 1 N–H and O–H groups in total. The zero-order chi connectivity index (χ0) is 23.9. The number of nitrogens with one attached hydrogen (secondary N) is 1. The number of carbonyl (C=O) groups excluding carboxylic acids is 1. The van der Waals surface area contributed by atoms with E-state index in [0.717, 1.165) is 16.5 Å². The van der Waals surface area contributed by atoms with E-state index in [1.54, 1.807) is 27.4 Å². The smallest absolute Gasteiger partial charge is 0.254 e. The van der Waals surface area contributed by atoms with E-state index >= 15 is 0 Å². The highest BCUT2D eigenvalue weighted by molar-refractivity contribution is 5.84. The summed E-state index contributed by atoms with van der Waals surface area (Å²) in [6.07, 6.45) is 0.660. The molecule has 0 spiro atoms. The van der Waals surface area contributed by atoms with Gasteiger partial charge in [0.25, 0.3) is 5.56 Å². The van der Waals surface area contributed by atoms with Crippen molar-refractivity contribution < 1.29 is 19.0 Å². The number of pyridine rings is 1. The number of nitrogens with zero attached hydrogens (tertiary/aromatic N) is 1. The van der Waals surface area contributed by atoms with Gasteiger partial charge in [0.15, 0.2) is 11.5 Å². The predicted molar refractivity (Wildman–Crippen MR) is 127 cm³/mol. The van der Waals surface area contributed by atoms with Gasteiger partial charge in [-0.1, -0.05) is 20.8 Å². The molecule has 0 aliphatic carbocycles. The Morgan fingerprint density at radius 2 is 1.67 bits per heavy atom. The van der Waals surface area contributed by atoms with Crippen LogP contribution in [0.3, 0.4) is 0 Å². The monoisotopic (exact) mass is 450 g/mol. The van der Waals surface area contributed by atoms with Crippen LogP contribution in [0.25, 0.3) is 10.9 Å². The molecule has 0 fully saturated rings. The van der Waals surface area contributed by atoms with Gasteiger partial charge in [-0.05, 0) is 53.9 Å². The van der Waals surface area contributed by atoms with Crippen molar-refractivity contribution in [2.24, 2.45) is 5.41 Å². The van der Waals surface area contributed by atoms with Crippen molar-refractivity contribution in [3.63, 3.8) is 0 Å². The maximum atomic E-state index is 13.5. The number of rotatable bonds is 4. The van der Waals surface area contributed by atoms with Crippen molar-refractivity contribution in [2.45, 2.75) is 33.2 Å². The first-order chi connectivity index (χ1) is 15.7. The number of amides is 1. The van der Waals surface area contributed by atoms with Gasteiger partial charge in [-0.2, -0.15) is 0 Å². The fraction of sp³-hybridized carbons (Fsp3) is 0.385. The highest BCUT2D eigenvalue weighted by Gasteiger charge is 2.38. The van der Waals surface area contributed by atoms with Gasteiger partial charge >= 0.3 is 0 Å². The molecule has 1 aromatic heterocycles. The molecule has 1 aliphatic rings. The number of carbonyl (C=O) groups is 1.